The summed E-state index contributed by atoms with van der Waals surface area (Å²) in [4.78, 5) is 20.7. The Morgan fingerprint density at radius 1 is 0.632 bits per heavy atom. The van der Waals surface area contributed by atoms with E-state index in [0.717, 1.165) is 51.4 Å². The van der Waals surface area contributed by atoms with Crippen LogP contribution in [0, 0.1) is 11.8 Å². The van der Waals surface area contributed by atoms with Crippen molar-refractivity contribution < 1.29 is 25.3 Å². The predicted octanol–water partition coefficient (Wildman–Crippen LogP) is 2.48. The van der Waals surface area contributed by atoms with Crippen LogP contribution in [0.15, 0.2) is 0 Å². The normalized spacial score (nSPS) is 20.6. The molecule has 0 atom stereocenters. The minimum absolute atomic E-state index is 0. The number of aliphatic carboxylic acids is 2. The van der Waals surface area contributed by atoms with Gasteiger partial charge in [0.2, 0.25) is 0 Å². The summed E-state index contributed by atoms with van der Waals surface area (Å²) in [5, 5.41) is 17.1. The van der Waals surface area contributed by atoms with E-state index in [0.29, 0.717) is 0 Å². The molecule has 5 heteroatoms. The van der Waals surface area contributed by atoms with Gasteiger partial charge in [-0.2, -0.15) is 0 Å². The lowest BCUT2D eigenvalue weighted by Crippen LogP contribution is -2.16. The molecule has 0 aromatic heterocycles. The smallest absolute Gasteiger partial charge is 0.306 e. The molecule has 0 bridgehead atoms. The maximum Gasteiger partial charge on any atom is 0.306 e. The van der Waals surface area contributed by atoms with Crippen molar-refractivity contribution in [3.05, 3.63) is 0 Å². The summed E-state index contributed by atoms with van der Waals surface area (Å²) in [5.41, 5.74) is 0. The van der Waals surface area contributed by atoms with E-state index in [1.165, 1.54) is 12.8 Å². The highest BCUT2D eigenvalue weighted by atomic mass is 16.4. The second kappa shape index (κ2) is 9.78. The van der Waals surface area contributed by atoms with Crippen LogP contribution in [0.5, 0.6) is 0 Å². The van der Waals surface area contributed by atoms with E-state index in [1.54, 1.807) is 0 Å². The van der Waals surface area contributed by atoms with Gasteiger partial charge in [0.15, 0.2) is 0 Å². The highest BCUT2D eigenvalue weighted by Gasteiger charge is 2.20. The third-order valence-electron chi connectivity index (χ3n) is 3.91. The molecule has 0 aliphatic heterocycles. The fraction of sp³-hybridized carbons (Fsp3) is 0.857. The summed E-state index contributed by atoms with van der Waals surface area (Å²) in [6.07, 6.45) is 10.5. The lowest BCUT2D eigenvalue weighted by Gasteiger charge is -2.16. The number of rotatable bonds is 2. The van der Waals surface area contributed by atoms with Crippen molar-refractivity contribution in [1.29, 1.82) is 0 Å². The molecule has 0 heterocycles. The van der Waals surface area contributed by atoms with E-state index in [-0.39, 0.29) is 17.3 Å². The van der Waals surface area contributed by atoms with Crippen molar-refractivity contribution in [1.82, 2.24) is 0 Å². The summed E-state index contributed by atoms with van der Waals surface area (Å²) >= 11 is 0. The molecule has 19 heavy (non-hydrogen) atoms. The second-order valence-electron chi connectivity index (χ2n) is 5.35. The molecule has 2 saturated carbocycles. The Hall–Kier alpha value is -1.10. The van der Waals surface area contributed by atoms with Crippen molar-refractivity contribution in [2.24, 2.45) is 11.8 Å². The summed E-state index contributed by atoms with van der Waals surface area (Å²) in [6, 6.07) is 0. The Kier molecular flexibility index (Phi) is 9.21. The van der Waals surface area contributed by atoms with Gasteiger partial charge in [-0.1, -0.05) is 38.5 Å². The van der Waals surface area contributed by atoms with Crippen molar-refractivity contribution in [3.8, 4) is 0 Å². The van der Waals surface area contributed by atoms with Gasteiger partial charge in [0, 0.05) is 0 Å². The first-order valence-electron chi connectivity index (χ1n) is 7.07. The molecule has 4 N–H and O–H groups in total. The molecule has 2 aliphatic rings. The molecule has 5 nitrogen and oxygen atoms in total. The fourth-order valence-corrected chi connectivity index (χ4v) is 2.70. The van der Waals surface area contributed by atoms with E-state index in [1.807, 2.05) is 0 Å². The summed E-state index contributed by atoms with van der Waals surface area (Å²) in [5.74, 6) is -1.26. The largest absolute Gasteiger partial charge is 0.481 e. The SMILES string of the molecule is O.O=C(O)C1CCCCC1.O=C(O)C1CCCCC1. The molecule has 0 aromatic carbocycles. The number of carboxylic acids is 2. The van der Waals surface area contributed by atoms with Crippen LogP contribution in [-0.2, 0) is 9.59 Å². The van der Waals surface area contributed by atoms with Gasteiger partial charge in [0.25, 0.3) is 0 Å². The van der Waals surface area contributed by atoms with Crippen molar-refractivity contribution in [2.75, 3.05) is 0 Å². The molecule has 0 saturated heterocycles. The zero-order valence-electron chi connectivity index (χ0n) is 11.4. The van der Waals surface area contributed by atoms with Crippen molar-refractivity contribution >= 4 is 11.9 Å². The van der Waals surface area contributed by atoms with Gasteiger partial charge < -0.3 is 15.7 Å². The van der Waals surface area contributed by atoms with Crippen LogP contribution < -0.4 is 0 Å². The van der Waals surface area contributed by atoms with Gasteiger partial charge in [-0.25, -0.2) is 0 Å². The molecule has 0 amide bonds. The van der Waals surface area contributed by atoms with Crippen LogP contribution in [-0.4, -0.2) is 27.6 Å². The Morgan fingerprint density at radius 3 is 1.05 bits per heavy atom. The van der Waals surface area contributed by atoms with E-state index >= 15 is 0 Å². The van der Waals surface area contributed by atoms with E-state index in [4.69, 9.17) is 10.2 Å². The van der Waals surface area contributed by atoms with Crippen LogP contribution in [0.2, 0.25) is 0 Å². The van der Waals surface area contributed by atoms with Gasteiger partial charge in [-0.15, -0.1) is 0 Å². The van der Waals surface area contributed by atoms with Crippen LogP contribution in [0.1, 0.15) is 64.2 Å². The number of hydrogen-bond acceptors (Lipinski definition) is 2. The van der Waals surface area contributed by atoms with Gasteiger partial charge in [0.1, 0.15) is 0 Å². The average Bonchev–Trinajstić information content (AvgIpc) is 2.41. The monoisotopic (exact) mass is 274 g/mol. The van der Waals surface area contributed by atoms with E-state index in [2.05, 4.69) is 0 Å². The molecule has 0 aromatic rings. The third kappa shape index (κ3) is 7.15. The first kappa shape index (κ1) is 17.9. The molecule has 0 radical (unpaired) electrons. The van der Waals surface area contributed by atoms with E-state index in [9.17, 15) is 9.59 Å². The Bertz CT molecular complexity index is 237. The predicted molar refractivity (Wildman–Crippen MR) is 72.0 cm³/mol. The molecule has 2 rings (SSSR count). The summed E-state index contributed by atoms with van der Waals surface area (Å²) in [6.45, 7) is 0. The minimum atomic E-state index is -0.602. The Labute approximate surface area is 114 Å². The van der Waals surface area contributed by atoms with Crippen molar-refractivity contribution in [2.45, 2.75) is 64.2 Å². The standard InChI is InChI=1S/2C7H12O2.H2O/c2*8-7(9)6-4-2-1-3-5-6;/h2*6H,1-5H2,(H,8,9);1H2. The maximum atomic E-state index is 10.4. The summed E-state index contributed by atoms with van der Waals surface area (Å²) < 4.78 is 0. The van der Waals surface area contributed by atoms with Gasteiger partial charge in [-0.3, -0.25) is 9.59 Å². The van der Waals surface area contributed by atoms with Crippen LogP contribution in [0.3, 0.4) is 0 Å². The number of hydrogen-bond donors (Lipinski definition) is 2. The van der Waals surface area contributed by atoms with E-state index < -0.39 is 11.9 Å². The average molecular weight is 274 g/mol. The highest BCUT2D eigenvalue weighted by molar-refractivity contribution is 5.70. The summed E-state index contributed by atoms with van der Waals surface area (Å²) in [7, 11) is 0. The van der Waals surface area contributed by atoms with Gasteiger partial charge in [-0.05, 0) is 25.7 Å². The third-order valence-corrected chi connectivity index (χ3v) is 3.91. The number of carboxylic acid groups (broad SMARTS) is 2. The maximum absolute atomic E-state index is 10.4. The first-order chi connectivity index (χ1) is 8.61. The van der Waals surface area contributed by atoms with Gasteiger partial charge in [0.05, 0.1) is 11.8 Å². The van der Waals surface area contributed by atoms with Gasteiger partial charge >= 0.3 is 11.9 Å². The Balaban J connectivity index is 0.000000324. The lowest BCUT2D eigenvalue weighted by atomic mass is 9.90. The molecule has 2 aliphatic carbocycles. The molecule has 2 fully saturated rings. The zero-order chi connectivity index (χ0) is 13.4. The highest BCUT2D eigenvalue weighted by Crippen LogP contribution is 2.23. The Morgan fingerprint density at radius 2 is 0.895 bits per heavy atom. The quantitative estimate of drug-likeness (QED) is 0.806. The molecule has 0 unspecified atom stereocenters. The fourth-order valence-electron chi connectivity index (χ4n) is 2.70. The molecule has 112 valence electrons. The van der Waals surface area contributed by atoms with Crippen LogP contribution in [0.25, 0.3) is 0 Å². The molecule has 0 spiro atoms. The minimum Gasteiger partial charge on any atom is -0.481 e. The first-order valence-corrected chi connectivity index (χ1v) is 7.07. The molecular weight excluding hydrogens is 248 g/mol. The molecular formula is C14H26O5. The van der Waals surface area contributed by atoms with Crippen LogP contribution >= 0.6 is 0 Å². The van der Waals surface area contributed by atoms with Crippen LogP contribution in [0.4, 0.5) is 0 Å². The zero-order valence-corrected chi connectivity index (χ0v) is 11.4. The topological polar surface area (TPSA) is 106 Å². The lowest BCUT2D eigenvalue weighted by molar-refractivity contribution is -0.143. The van der Waals surface area contributed by atoms with Crippen molar-refractivity contribution in [3.63, 3.8) is 0 Å². The second-order valence-corrected chi connectivity index (χ2v) is 5.35. The number of carbonyl (C=O) groups is 2.